The number of nitrogens with one attached hydrogen (secondary N) is 1. The molecule has 0 saturated heterocycles. The lowest BCUT2D eigenvalue weighted by Gasteiger charge is -2.16. The molecule has 0 heterocycles. The maximum atomic E-state index is 12.4. The summed E-state index contributed by atoms with van der Waals surface area (Å²) in [6.07, 6.45) is -0.935. The molecule has 130 valence electrons. The van der Waals surface area contributed by atoms with Crippen LogP contribution in [0.1, 0.15) is 17.2 Å². The van der Waals surface area contributed by atoms with Gasteiger partial charge in [-0.05, 0) is 42.3 Å². The molecule has 5 nitrogen and oxygen atoms in total. The lowest BCUT2D eigenvalue weighted by atomic mass is 10.1. The molecule has 2 N–H and O–H groups in total. The predicted molar refractivity (Wildman–Crippen MR) is 97.1 cm³/mol. The van der Waals surface area contributed by atoms with E-state index < -0.39 is 16.1 Å². The number of aliphatic hydroxyl groups is 1. The molecule has 2 rings (SSSR count). The van der Waals surface area contributed by atoms with Gasteiger partial charge in [0.2, 0.25) is 10.0 Å². The van der Waals surface area contributed by atoms with Gasteiger partial charge in [0.1, 0.15) is 0 Å². The topological polar surface area (TPSA) is 69.6 Å². The Hall–Kier alpha value is -1.60. The number of benzene rings is 2. The van der Waals surface area contributed by atoms with Gasteiger partial charge in [-0.15, -0.1) is 0 Å². The Kier molecular flexibility index (Phi) is 5.87. The second-order valence-corrected chi connectivity index (χ2v) is 7.86. The van der Waals surface area contributed by atoms with Gasteiger partial charge in [0.25, 0.3) is 0 Å². The zero-order chi connectivity index (χ0) is 17.9. The van der Waals surface area contributed by atoms with E-state index in [-0.39, 0.29) is 11.4 Å². The van der Waals surface area contributed by atoms with Gasteiger partial charge in [-0.2, -0.15) is 0 Å². The van der Waals surface area contributed by atoms with E-state index in [0.717, 1.165) is 5.69 Å². The first-order valence-electron chi connectivity index (χ1n) is 7.42. The normalized spacial score (nSPS) is 12.9. The third kappa shape index (κ3) is 4.27. The zero-order valence-electron chi connectivity index (χ0n) is 13.8. The molecule has 1 atom stereocenters. The van der Waals surface area contributed by atoms with Crippen molar-refractivity contribution < 1.29 is 13.5 Å². The largest absolute Gasteiger partial charge is 0.387 e. The highest BCUT2D eigenvalue weighted by atomic mass is 35.5. The van der Waals surface area contributed by atoms with Crippen LogP contribution >= 0.6 is 11.6 Å². The summed E-state index contributed by atoms with van der Waals surface area (Å²) in [5, 5.41) is 10.6. The standard InChI is InChI=1S/C17H21ClN2O3S/c1-12-15(18)5-4-6-17(12)24(22,23)19-11-16(21)13-7-9-14(10-8-13)20(2)3/h4-10,16,19,21H,11H2,1-3H3/t16-/m0/s1. The molecule has 2 aromatic rings. The summed E-state index contributed by atoms with van der Waals surface area (Å²) in [6.45, 7) is 1.53. The smallest absolute Gasteiger partial charge is 0.240 e. The molecule has 0 saturated carbocycles. The van der Waals surface area contributed by atoms with E-state index in [0.29, 0.717) is 16.1 Å². The summed E-state index contributed by atoms with van der Waals surface area (Å²) in [5.41, 5.74) is 2.13. The Morgan fingerprint density at radius 3 is 2.38 bits per heavy atom. The van der Waals surface area contributed by atoms with E-state index in [1.165, 1.54) is 6.07 Å². The number of aliphatic hydroxyl groups excluding tert-OH is 1. The Morgan fingerprint density at radius 1 is 1.17 bits per heavy atom. The number of nitrogens with zero attached hydrogens (tertiary/aromatic N) is 1. The molecular formula is C17H21ClN2O3S. The molecule has 0 aliphatic heterocycles. The number of halogens is 1. The number of sulfonamides is 1. The minimum Gasteiger partial charge on any atom is -0.387 e. The molecule has 0 unspecified atom stereocenters. The first-order valence-corrected chi connectivity index (χ1v) is 9.28. The first kappa shape index (κ1) is 18.7. The quantitative estimate of drug-likeness (QED) is 0.822. The summed E-state index contributed by atoms with van der Waals surface area (Å²) in [6, 6.07) is 12.0. The molecule has 0 amide bonds. The Labute approximate surface area is 147 Å². The fourth-order valence-corrected chi connectivity index (χ4v) is 3.79. The lowest BCUT2D eigenvalue weighted by Crippen LogP contribution is -2.29. The van der Waals surface area contributed by atoms with Crippen LogP contribution < -0.4 is 9.62 Å². The second-order valence-electron chi connectivity index (χ2n) is 5.72. The van der Waals surface area contributed by atoms with Gasteiger partial charge in [0, 0.05) is 31.4 Å². The Bertz CT molecular complexity index is 805. The van der Waals surface area contributed by atoms with Crippen LogP contribution in [0, 0.1) is 6.92 Å². The highest BCUT2D eigenvalue weighted by molar-refractivity contribution is 7.89. The summed E-state index contributed by atoms with van der Waals surface area (Å²) < 4.78 is 27.2. The minimum atomic E-state index is -3.74. The Balaban J connectivity index is 2.10. The van der Waals surface area contributed by atoms with Gasteiger partial charge in [0.05, 0.1) is 11.0 Å². The van der Waals surface area contributed by atoms with Crippen LogP contribution in [0.3, 0.4) is 0 Å². The van der Waals surface area contributed by atoms with Gasteiger partial charge in [-0.25, -0.2) is 13.1 Å². The van der Waals surface area contributed by atoms with Crippen molar-refractivity contribution in [2.75, 3.05) is 25.5 Å². The molecule has 0 aliphatic carbocycles. The van der Waals surface area contributed by atoms with Crippen molar-refractivity contribution in [3.8, 4) is 0 Å². The first-order chi connectivity index (χ1) is 11.2. The molecule has 7 heteroatoms. The highest BCUT2D eigenvalue weighted by Gasteiger charge is 2.19. The highest BCUT2D eigenvalue weighted by Crippen LogP contribution is 2.23. The maximum absolute atomic E-state index is 12.4. The number of rotatable bonds is 6. The van der Waals surface area contributed by atoms with Crippen LogP contribution in [0.5, 0.6) is 0 Å². The molecular weight excluding hydrogens is 348 g/mol. The Morgan fingerprint density at radius 2 is 1.79 bits per heavy atom. The molecule has 0 spiro atoms. The molecule has 0 aliphatic rings. The second kappa shape index (κ2) is 7.53. The minimum absolute atomic E-state index is 0.115. The van der Waals surface area contributed by atoms with Crippen LogP contribution in [-0.4, -0.2) is 34.2 Å². The molecule has 24 heavy (non-hydrogen) atoms. The van der Waals surface area contributed by atoms with Crippen molar-refractivity contribution in [1.82, 2.24) is 4.72 Å². The van der Waals surface area contributed by atoms with Crippen LogP contribution in [0.25, 0.3) is 0 Å². The maximum Gasteiger partial charge on any atom is 0.240 e. The van der Waals surface area contributed by atoms with E-state index >= 15 is 0 Å². The van der Waals surface area contributed by atoms with Crippen molar-refractivity contribution in [2.45, 2.75) is 17.9 Å². The fraction of sp³-hybridized carbons (Fsp3) is 0.294. The molecule has 0 fully saturated rings. The SMILES string of the molecule is Cc1c(Cl)cccc1S(=O)(=O)NC[C@H](O)c1ccc(N(C)C)cc1. The van der Waals surface area contributed by atoms with Gasteiger partial charge < -0.3 is 10.0 Å². The van der Waals surface area contributed by atoms with E-state index in [2.05, 4.69) is 4.72 Å². The lowest BCUT2D eigenvalue weighted by molar-refractivity contribution is 0.182. The average molecular weight is 369 g/mol. The van der Waals surface area contributed by atoms with Crippen LogP contribution in [0.2, 0.25) is 5.02 Å². The summed E-state index contributed by atoms with van der Waals surface area (Å²) in [7, 11) is 0.106. The van der Waals surface area contributed by atoms with Crippen LogP contribution in [0.15, 0.2) is 47.4 Å². The van der Waals surface area contributed by atoms with E-state index in [9.17, 15) is 13.5 Å². The predicted octanol–water partition coefficient (Wildman–Crippen LogP) is 2.73. The number of anilines is 1. The van der Waals surface area contributed by atoms with Crippen LogP contribution in [-0.2, 0) is 10.0 Å². The van der Waals surface area contributed by atoms with Crippen molar-refractivity contribution in [2.24, 2.45) is 0 Å². The summed E-state index contributed by atoms with van der Waals surface area (Å²) in [4.78, 5) is 2.06. The molecule has 0 radical (unpaired) electrons. The third-order valence-electron chi connectivity index (χ3n) is 3.77. The van der Waals surface area contributed by atoms with Gasteiger partial charge in [0.15, 0.2) is 0 Å². The van der Waals surface area contributed by atoms with Crippen molar-refractivity contribution in [1.29, 1.82) is 0 Å². The molecule has 0 aromatic heterocycles. The summed E-state index contributed by atoms with van der Waals surface area (Å²) >= 11 is 5.97. The zero-order valence-corrected chi connectivity index (χ0v) is 15.4. The van der Waals surface area contributed by atoms with E-state index in [1.54, 1.807) is 31.2 Å². The number of hydrogen-bond acceptors (Lipinski definition) is 4. The van der Waals surface area contributed by atoms with Gasteiger partial charge in [-0.1, -0.05) is 29.8 Å². The summed E-state index contributed by atoms with van der Waals surface area (Å²) in [5.74, 6) is 0. The van der Waals surface area contributed by atoms with Crippen molar-refractivity contribution in [3.05, 3.63) is 58.6 Å². The fourth-order valence-electron chi connectivity index (χ4n) is 2.26. The van der Waals surface area contributed by atoms with Crippen molar-refractivity contribution >= 4 is 27.3 Å². The third-order valence-corrected chi connectivity index (χ3v) is 5.75. The van der Waals surface area contributed by atoms with Crippen LogP contribution in [0.4, 0.5) is 5.69 Å². The molecule has 2 aromatic carbocycles. The van der Waals surface area contributed by atoms with Gasteiger partial charge >= 0.3 is 0 Å². The van der Waals surface area contributed by atoms with Gasteiger partial charge in [-0.3, -0.25) is 0 Å². The molecule has 0 bridgehead atoms. The van der Waals surface area contributed by atoms with E-state index in [4.69, 9.17) is 11.6 Å². The van der Waals surface area contributed by atoms with E-state index in [1.807, 2.05) is 31.1 Å². The monoisotopic (exact) mass is 368 g/mol. The van der Waals surface area contributed by atoms with Crippen molar-refractivity contribution in [3.63, 3.8) is 0 Å². The average Bonchev–Trinajstić information content (AvgIpc) is 2.55. The number of hydrogen-bond donors (Lipinski definition) is 2.